The Morgan fingerprint density at radius 1 is 1.15 bits per heavy atom. The van der Waals surface area contributed by atoms with Gasteiger partial charge in [-0.3, -0.25) is 0 Å². The first-order valence-electron chi connectivity index (χ1n) is 7.38. The van der Waals surface area contributed by atoms with Gasteiger partial charge in [-0.15, -0.1) is 0 Å². The number of benzene rings is 1. The van der Waals surface area contributed by atoms with Crippen molar-refractivity contribution in [1.82, 2.24) is 15.1 Å². The fourth-order valence-electron chi connectivity index (χ4n) is 2.42. The van der Waals surface area contributed by atoms with Crippen LogP contribution in [0.15, 0.2) is 18.2 Å². The van der Waals surface area contributed by atoms with E-state index in [-0.39, 0.29) is 0 Å². The minimum absolute atomic E-state index is 0.891. The first-order chi connectivity index (χ1) is 9.54. The Morgan fingerprint density at radius 3 is 2.50 bits per heavy atom. The highest BCUT2D eigenvalue weighted by molar-refractivity contribution is 5.45. The maximum atomic E-state index is 4.69. The molecule has 0 bridgehead atoms. The van der Waals surface area contributed by atoms with Crippen LogP contribution < -0.4 is 5.32 Å². The van der Waals surface area contributed by atoms with Crippen LogP contribution in [0.25, 0.3) is 5.69 Å². The third-order valence-electron chi connectivity index (χ3n) is 3.86. The third-order valence-corrected chi connectivity index (χ3v) is 3.86. The Kier molecular flexibility index (Phi) is 4.61. The summed E-state index contributed by atoms with van der Waals surface area (Å²) in [6, 6.07) is 6.59. The summed E-state index contributed by atoms with van der Waals surface area (Å²) in [6.07, 6.45) is 1.15. The van der Waals surface area contributed by atoms with Crippen LogP contribution in [0.2, 0.25) is 0 Å². The lowest BCUT2D eigenvalue weighted by molar-refractivity contribution is 0.668. The maximum absolute atomic E-state index is 4.69. The molecule has 20 heavy (non-hydrogen) atoms. The average molecular weight is 271 g/mol. The molecule has 1 aromatic carbocycles. The molecule has 0 aliphatic heterocycles. The highest BCUT2D eigenvalue weighted by atomic mass is 15.3. The van der Waals surface area contributed by atoms with E-state index in [2.05, 4.69) is 67.9 Å². The summed E-state index contributed by atoms with van der Waals surface area (Å²) < 4.78 is 2.08. The van der Waals surface area contributed by atoms with E-state index in [1.807, 2.05) is 0 Å². The second-order valence-electron chi connectivity index (χ2n) is 5.52. The van der Waals surface area contributed by atoms with Crippen molar-refractivity contribution in [3.05, 3.63) is 46.3 Å². The van der Waals surface area contributed by atoms with Crippen molar-refractivity contribution in [2.75, 3.05) is 6.54 Å². The predicted octanol–water partition coefficient (Wildman–Crippen LogP) is 3.61. The van der Waals surface area contributed by atoms with E-state index in [1.54, 1.807) is 0 Å². The van der Waals surface area contributed by atoms with Crippen LogP contribution in [0.5, 0.6) is 0 Å². The van der Waals surface area contributed by atoms with E-state index in [1.165, 1.54) is 28.1 Å². The smallest absolute Gasteiger partial charge is 0.0694 e. The molecule has 1 heterocycles. The normalized spacial score (nSPS) is 11.1. The summed E-state index contributed by atoms with van der Waals surface area (Å²) in [5.74, 6) is 0. The van der Waals surface area contributed by atoms with Gasteiger partial charge in [-0.05, 0) is 57.9 Å². The van der Waals surface area contributed by atoms with Gasteiger partial charge in [0.1, 0.15) is 0 Å². The number of aryl methyl sites for hydroxylation is 2. The van der Waals surface area contributed by atoms with Crippen molar-refractivity contribution in [3.8, 4) is 5.69 Å². The van der Waals surface area contributed by atoms with Gasteiger partial charge in [-0.25, -0.2) is 4.68 Å². The van der Waals surface area contributed by atoms with Crippen LogP contribution in [-0.4, -0.2) is 16.3 Å². The topological polar surface area (TPSA) is 29.9 Å². The van der Waals surface area contributed by atoms with Gasteiger partial charge < -0.3 is 5.32 Å². The molecule has 0 amide bonds. The molecule has 0 unspecified atom stereocenters. The predicted molar refractivity (Wildman–Crippen MR) is 84.5 cm³/mol. The molecule has 0 aliphatic carbocycles. The van der Waals surface area contributed by atoms with Gasteiger partial charge in [0.25, 0.3) is 0 Å². The van der Waals surface area contributed by atoms with E-state index in [4.69, 9.17) is 0 Å². The Labute approximate surface area is 122 Å². The van der Waals surface area contributed by atoms with Crippen LogP contribution in [0.3, 0.4) is 0 Å². The standard InChI is InChI=1S/C17H25N3/c1-6-9-18-11-16-10-12(2)7-8-17(16)20-15(5)13(3)14(4)19-20/h7-8,10,18H,6,9,11H2,1-5H3. The van der Waals surface area contributed by atoms with Crippen molar-refractivity contribution < 1.29 is 0 Å². The molecule has 0 saturated carbocycles. The van der Waals surface area contributed by atoms with Crippen LogP contribution in [0.4, 0.5) is 0 Å². The number of hydrogen-bond donors (Lipinski definition) is 1. The fraction of sp³-hybridized carbons (Fsp3) is 0.471. The Balaban J connectivity index is 2.42. The molecule has 3 heteroatoms. The molecule has 0 atom stereocenters. The lowest BCUT2D eigenvalue weighted by Gasteiger charge is -2.13. The molecule has 0 spiro atoms. The van der Waals surface area contributed by atoms with Crippen LogP contribution >= 0.6 is 0 Å². The van der Waals surface area contributed by atoms with Crippen molar-refractivity contribution in [3.63, 3.8) is 0 Å². The van der Waals surface area contributed by atoms with E-state index in [9.17, 15) is 0 Å². The molecule has 0 radical (unpaired) electrons. The molecule has 0 saturated heterocycles. The van der Waals surface area contributed by atoms with E-state index < -0.39 is 0 Å². The Hall–Kier alpha value is -1.61. The summed E-state index contributed by atoms with van der Waals surface area (Å²) in [7, 11) is 0. The lowest BCUT2D eigenvalue weighted by Crippen LogP contribution is -2.16. The zero-order valence-corrected chi connectivity index (χ0v) is 13.2. The largest absolute Gasteiger partial charge is 0.313 e. The van der Waals surface area contributed by atoms with Crippen LogP contribution in [0, 0.1) is 27.7 Å². The molecule has 1 N–H and O–H groups in total. The summed E-state index contributed by atoms with van der Waals surface area (Å²) in [5, 5.41) is 8.18. The zero-order valence-electron chi connectivity index (χ0n) is 13.2. The van der Waals surface area contributed by atoms with Gasteiger partial charge in [0.2, 0.25) is 0 Å². The molecule has 2 aromatic rings. The molecular weight excluding hydrogens is 246 g/mol. The fourth-order valence-corrected chi connectivity index (χ4v) is 2.42. The lowest BCUT2D eigenvalue weighted by atomic mass is 10.1. The zero-order chi connectivity index (χ0) is 14.7. The third kappa shape index (κ3) is 2.93. The average Bonchev–Trinajstić information content (AvgIpc) is 2.67. The maximum Gasteiger partial charge on any atom is 0.0694 e. The monoisotopic (exact) mass is 271 g/mol. The van der Waals surface area contributed by atoms with Crippen molar-refractivity contribution in [2.45, 2.75) is 47.6 Å². The molecule has 2 rings (SSSR count). The van der Waals surface area contributed by atoms with Gasteiger partial charge in [0, 0.05) is 12.2 Å². The van der Waals surface area contributed by atoms with Gasteiger partial charge in [-0.2, -0.15) is 5.10 Å². The highest BCUT2D eigenvalue weighted by Crippen LogP contribution is 2.21. The van der Waals surface area contributed by atoms with Gasteiger partial charge in [0.15, 0.2) is 0 Å². The summed E-state index contributed by atoms with van der Waals surface area (Å²) >= 11 is 0. The van der Waals surface area contributed by atoms with Gasteiger partial charge >= 0.3 is 0 Å². The van der Waals surface area contributed by atoms with Crippen molar-refractivity contribution >= 4 is 0 Å². The Bertz CT molecular complexity index is 597. The second-order valence-corrected chi connectivity index (χ2v) is 5.52. The van der Waals surface area contributed by atoms with Crippen LogP contribution in [0.1, 0.15) is 41.4 Å². The number of nitrogens with zero attached hydrogens (tertiary/aromatic N) is 2. The summed E-state index contributed by atoms with van der Waals surface area (Å²) in [6.45, 7) is 12.6. The quantitative estimate of drug-likeness (QED) is 0.842. The van der Waals surface area contributed by atoms with Gasteiger partial charge in [0.05, 0.1) is 11.4 Å². The van der Waals surface area contributed by atoms with E-state index in [0.717, 1.165) is 25.2 Å². The first-order valence-corrected chi connectivity index (χ1v) is 7.38. The minimum Gasteiger partial charge on any atom is -0.313 e. The number of rotatable bonds is 5. The van der Waals surface area contributed by atoms with Crippen LogP contribution in [-0.2, 0) is 6.54 Å². The molecule has 3 nitrogen and oxygen atoms in total. The Morgan fingerprint density at radius 2 is 1.90 bits per heavy atom. The van der Waals surface area contributed by atoms with Crippen molar-refractivity contribution in [1.29, 1.82) is 0 Å². The van der Waals surface area contributed by atoms with Gasteiger partial charge in [-0.1, -0.05) is 24.6 Å². The SMILES string of the molecule is CCCNCc1cc(C)ccc1-n1nc(C)c(C)c1C. The van der Waals surface area contributed by atoms with Crippen molar-refractivity contribution in [2.24, 2.45) is 0 Å². The molecule has 0 aliphatic rings. The highest BCUT2D eigenvalue weighted by Gasteiger charge is 2.12. The molecule has 1 aromatic heterocycles. The minimum atomic E-state index is 0.891. The molecule has 0 fully saturated rings. The number of hydrogen-bond acceptors (Lipinski definition) is 2. The summed E-state index contributed by atoms with van der Waals surface area (Å²) in [5.41, 5.74) is 7.40. The van der Waals surface area contributed by atoms with E-state index in [0.29, 0.717) is 0 Å². The second kappa shape index (κ2) is 6.23. The number of aromatic nitrogens is 2. The first kappa shape index (κ1) is 14.8. The number of nitrogens with one attached hydrogen (secondary N) is 1. The van der Waals surface area contributed by atoms with E-state index >= 15 is 0 Å². The summed E-state index contributed by atoms with van der Waals surface area (Å²) in [4.78, 5) is 0. The molecule has 108 valence electrons. The molecular formula is C17H25N3.